The molecule has 3 aromatic rings. The molecule has 1 aliphatic carbocycles. The van der Waals surface area contributed by atoms with Gasteiger partial charge in [-0.1, -0.05) is 36.4 Å². The van der Waals surface area contributed by atoms with Gasteiger partial charge in [0, 0.05) is 0 Å². The summed E-state index contributed by atoms with van der Waals surface area (Å²) in [5, 5.41) is 2.25. The summed E-state index contributed by atoms with van der Waals surface area (Å²) in [5.74, 6) is -1.07. The number of rotatable bonds is 2. The average Bonchev–Trinajstić information content (AvgIpc) is 2.94. The molecular weight excluding hydrogens is 376 g/mol. The maximum absolute atomic E-state index is 13.0. The minimum Gasteiger partial charge on any atom is -0.456 e. The van der Waals surface area contributed by atoms with Crippen molar-refractivity contribution >= 4 is 22.7 Å². The van der Waals surface area contributed by atoms with Crippen LogP contribution in [0.4, 0.5) is 0 Å². The standard InChI is InChI=1S/C26H26O4/c1-25(2,3)29-23(27)20-13-18-16-11-7-9-15-10-8-12-17(22(15)16)19(18)14-21(20)24(28)30-26(4,5)6/h7-14H,1-6H3. The van der Waals surface area contributed by atoms with E-state index < -0.39 is 23.1 Å². The molecule has 3 aromatic carbocycles. The van der Waals surface area contributed by atoms with Crippen LogP contribution in [0.15, 0.2) is 48.5 Å². The summed E-state index contributed by atoms with van der Waals surface area (Å²) in [6.45, 7) is 10.8. The third-order valence-corrected chi connectivity index (χ3v) is 4.88. The molecule has 0 atom stereocenters. The first-order valence-electron chi connectivity index (χ1n) is 10.1. The molecule has 0 aliphatic heterocycles. The van der Waals surface area contributed by atoms with E-state index in [1.54, 1.807) is 12.1 Å². The second-order valence-corrected chi connectivity index (χ2v) is 9.66. The molecule has 0 bridgehead atoms. The van der Waals surface area contributed by atoms with Crippen LogP contribution < -0.4 is 0 Å². The zero-order valence-electron chi connectivity index (χ0n) is 18.3. The van der Waals surface area contributed by atoms with Gasteiger partial charge in [0.2, 0.25) is 0 Å². The first-order valence-corrected chi connectivity index (χ1v) is 10.1. The Morgan fingerprint density at radius 1 is 0.633 bits per heavy atom. The number of hydrogen-bond donors (Lipinski definition) is 0. The fourth-order valence-electron chi connectivity index (χ4n) is 3.84. The summed E-state index contributed by atoms with van der Waals surface area (Å²) >= 11 is 0. The van der Waals surface area contributed by atoms with E-state index in [4.69, 9.17) is 9.47 Å². The van der Waals surface area contributed by atoms with E-state index in [1.165, 1.54) is 0 Å². The molecule has 0 spiro atoms. The van der Waals surface area contributed by atoms with Crippen LogP contribution in [0.5, 0.6) is 0 Å². The average molecular weight is 402 g/mol. The first-order chi connectivity index (χ1) is 13.9. The van der Waals surface area contributed by atoms with E-state index in [2.05, 4.69) is 12.1 Å². The largest absolute Gasteiger partial charge is 0.456 e. The van der Waals surface area contributed by atoms with Crippen molar-refractivity contribution in [2.45, 2.75) is 52.7 Å². The summed E-state index contributed by atoms with van der Waals surface area (Å²) in [7, 11) is 0. The molecule has 0 fully saturated rings. The molecule has 30 heavy (non-hydrogen) atoms. The Labute approximate surface area is 176 Å². The zero-order valence-corrected chi connectivity index (χ0v) is 18.3. The summed E-state index contributed by atoms with van der Waals surface area (Å²) in [4.78, 5) is 26.1. The van der Waals surface area contributed by atoms with Crippen LogP contribution >= 0.6 is 0 Å². The number of carbonyl (C=O) groups excluding carboxylic acids is 2. The summed E-state index contributed by atoms with van der Waals surface area (Å²) in [5.41, 5.74) is 3.06. The number of esters is 2. The van der Waals surface area contributed by atoms with Crippen LogP contribution in [-0.4, -0.2) is 23.1 Å². The topological polar surface area (TPSA) is 52.6 Å². The lowest BCUT2D eigenvalue weighted by atomic mass is 9.96. The van der Waals surface area contributed by atoms with Crippen molar-refractivity contribution < 1.29 is 19.1 Å². The van der Waals surface area contributed by atoms with E-state index in [1.807, 2.05) is 65.8 Å². The molecule has 1 aliphatic rings. The van der Waals surface area contributed by atoms with Gasteiger partial charge in [-0.3, -0.25) is 0 Å². The quantitative estimate of drug-likeness (QED) is 0.364. The molecule has 4 nitrogen and oxygen atoms in total. The van der Waals surface area contributed by atoms with Crippen LogP contribution in [0.3, 0.4) is 0 Å². The van der Waals surface area contributed by atoms with Crippen molar-refractivity contribution in [1.29, 1.82) is 0 Å². The Balaban J connectivity index is 1.94. The number of fused-ring (bicyclic) bond motifs is 3. The predicted octanol–water partition coefficient (Wildman–Crippen LogP) is 6.40. The summed E-state index contributed by atoms with van der Waals surface area (Å²) in [6.07, 6.45) is 0. The Morgan fingerprint density at radius 2 is 1.03 bits per heavy atom. The maximum Gasteiger partial charge on any atom is 0.339 e. The monoisotopic (exact) mass is 402 g/mol. The van der Waals surface area contributed by atoms with E-state index in [9.17, 15) is 9.59 Å². The number of hydrogen-bond acceptors (Lipinski definition) is 4. The predicted molar refractivity (Wildman–Crippen MR) is 119 cm³/mol. The molecular formula is C26H26O4. The van der Waals surface area contributed by atoms with Crippen molar-refractivity contribution in [3.05, 3.63) is 59.7 Å². The Morgan fingerprint density at radius 3 is 1.40 bits per heavy atom. The highest BCUT2D eigenvalue weighted by atomic mass is 16.6. The van der Waals surface area contributed by atoms with Gasteiger partial charge in [0.15, 0.2) is 0 Å². The second kappa shape index (κ2) is 6.69. The van der Waals surface area contributed by atoms with Gasteiger partial charge in [-0.15, -0.1) is 0 Å². The SMILES string of the molecule is CC(C)(C)OC(=O)c1cc2c(cc1C(=O)OC(C)(C)C)-c1cccc3cccc-2c13. The first kappa shape index (κ1) is 20.1. The van der Waals surface area contributed by atoms with Crippen LogP contribution in [0.2, 0.25) is 0 Å². The van der Waals surface area contributed by atoms with Gasteiger partial charge in [0.1, 0.15) is 11.2 Å². The lowest BCUT2D eigenvalue weighted by molar-refractivity contribution is 0.00188. The number of benzene rings is 3. The molecule has 0 saturated heterocycles. The van der Waals surface area contributed by atoms with Gasteiger partial charge >= 0.3 is 11.9 Å². The molecule has 0 saturated carbocycles. The lowest BCUT2D eigenvalue weighted by Gasteiger charge is -2.23. The van der Waals surface area contributed by atoms with Crippen LogP contribution in [0, 0.1) is 0 Å². The molecule has 4 rings (SSSR count). The van der Waals surface area contributed by atoms with Gasteiger partial charge in [-0.25, -0.2) is 9.59 Å². The molecule has 4 heteroatoms. The molecule has 0 amide bonds. The van der Waals surface area contributed by atoms with E-state index in [0.29, 0.717) is 0 Å². The van der Waals surface area contributed by atoms with Crippen molar-refractivity contribution in [3.8, 4) is 22.3 Å². The zero-order chi connectivity index (χ0) is 21.8. The van der Waals surface area contributed by atoms with Crippen molar-refractivity contribution in [2.24, 2.45) is 0 Å². The minimum atomic E-state index is -0.676. The minimum absolute atomic E-state index is 0.225. The molecule has 0 radical (unpaired) electrons. The molecule has 0 heterocycles. The fraction of sp³-hybridized carbons (Fsp3) is 0.308. The van der Waals surface area contributed by atoms with E-state index >= 15 is 0 Å². The molecule has 0 aromatic heterocycles. The van der Waals surface area contributed by atoms with Gasteiger partial charge in [0.25, 0.3) is 0 Å². The van der Waals surface area contributed by atoms with E-state index in [-0.39, 0.29) is 11.1 Å². The normalized spacial score (nSPS) is 12.6. The van der Waals surface area contributed by atoms with Crippen LogP contribution in [-0.2, 0) is 9.47 Å². The van der Waals surface area contributed by atoms with Gasteiger partial charge in [-0.05, 0) is 86.7 Å². The van der Waals surface area contributed by atoms with Crippen molar-refractivity contribution in [1.82, 2.24) is 0 Å². The highest BCUT2D eigenvalue weighted by Crippen LogP contribution is 2.48. The van der Waals surface area contributed by atoms with E-state index in [0.717, 1.165) is 33.0 Å². The Kier molecular flexibility index (Phi) is 4.50. The highest BCUT2D eigenvalue weighted by molar-refractivity contribution is 6.17. The van der Waals surface area contributed by atoms with Crippen LogP contribution in [0.1, 0.15) is 62.3 Å². The third-order valence-electron chi connectivity index (χ3n) is 4.88. The van der Waals surface area contributed by atoms with Crippen molar-refractivity contribution in [3.63, 3.8) is 0 Å². The van der Waals surface area contributed by atoms with Gasteiger partial charge in [0.05, 0.1) is 11.1 Å². The Bertz CT molecular complexity index is 1100. The van der Waals surface area contributed by atoms with Gasteiger partial charge < -0.3 is 9.47 Å². The Hall–Kier alpha value is -3.14. The highest BCUT2D eigenvalue weighted by Gasteiger charge is 2.31. The maximum atomic E-state index is 13.0. The molecule has 154 valence electrons. The fourth-order valence-corrected chi connectivity index (χ4v) is 3.84. The second-order valence-electron chi connectivity index (χ2n) is 9.66. The number of carbonyl (C=O) groups is 2. The summed E-state index contributed by atoms with van der Waals surface area (Å²) < 4.78 is 11.2. The summed E-state index contributed by atoms with van der Waals surface area (Å²) in [6, 6.07) is 15.8. The lowest BCUT2D eigenvalue weighted by Crippen LogP contribution is -2.28. The van der Waals surface area contributed by atoms with Crippen molar-refractivity contribution in [2.75, 3.05) is 0 Å². The van der Waals surface area contributed by atoms with Crippen LogP contribution in [0.25, 0.3) is 33.0 Å². The van der Waals surface area contributed by atoms with Gasteiger partial charge in [-0.2, -0.15) is 0 Å². The third kappa shape index (κ3) is 3.58. The molecule has 0 N–H and O–H groups in total. The number of ether oxygens (including phenoxy) is 2. The molecule has 0 unspecified atom stereocenters. The smallest absolute Gasteiger partial charge is 0.339 e.